The van der Waals surface area contributed by atoms with E-state index in [4.69, 9.17) is 9.72 Å². The third-order valence-corrected chi connectivity index (χ3v) is 8.65. The summed E-state index contributed by atoms with van der Waals surface area (Å²) < 4.78 is 5.62. The summed E-state index contributed by atoms with van der Waals surface area (Å²) >= 11 is 0. The molecule has 0 spiro atoms. The molecule has 0 radical (unpaired) electrons. The lowest BCUT2D eigenvalue weighted by molar-refractivity contribution is 0.0211. The molecular weight excluding hydrogens is 580 g/mol. The average Bonchev–Trinajstić information content (AvgIpc) is 3.75. The van der Waals surface area contributed by atoms with E-state index in [1.807, 2.05) is 45.0 Å². The van der Waals surface area contributed by atoms with Crippen molar-refractivity contribution in [3.05, 3.63) is 70.8 Å². The summed E-state index contributed by atoms with van der Waals surface area (Å²) in [6, 6.07) is 7.44. The molecule has 2 aliphatic rings. The molecule has 0 bridgehead atoms. The molecule has 1 aromatic carbocycles. The Hall–Kier alpha value is -4.70. The van der Waals surface area contributed by atoms with Gasteiger partial charge in [-0.25, -0.2) is 19.6 Å². The van der Waals surface area contributed by atoms with Gasteiger partial charge in [0.1, 0.15) is 34.2 Å². The molecule has 2 fully saturated rings. The first kappa shape index (κ1) is 32.7. The second kappa shape index (κ2) is 12.2. The number of aromatic amines is 2. The highest BCUT2D eigenvalue weighted by molar-refractivity contribution is 5.69. The van der Waals surface area contributed by atoms with Crippen LogP contribution >= 0.6 is 0 Å². The highest BCUT2D eigenvalue weighted by atomic mass is 16.6. The van der Waals surface area contributed by atoms with Crippen LogP contribution in [0, 0.1) is 40.9 Å². The number of benzene rings is 1. The fourth-order valence-corrected chi connectivity index (χ4v) is 6.58. The molecular formula is C36H44N6O4. The Kier molecular flexibility index (Phi) is 8.70. The summed E-state index contributed by atoms with van der Waals surface area (Å²) in [5, 5.41) is 10.0. The van der Waals surface area contributed by atoms with Crippen molar-refractivity contribution in [1.29, 1.82) is 0 Å². The Morgan fingerprint density at radius 1 is 0.891 bits per heavy atom. The number of aromatic nitrogens is 4. The van der Waals surface area contributed by atoms with Crippen molar-refractivity contribution in [2.45, 2.75) is 85.4 Å². The zero-order valence-electron chi connectivity index (χ0n) is 28.0. The molecule has 0 aliphatic carbocycles. The first-order valence-electron chi connectivity index (χ1n) is 15.8. The second-order valence-corrected chi connectivity index (χ2v) is 14.7. The SMILES string of the molecule is C[C@@H]1CN(C(=O)O)[C@](c2nc(C#Cc3ccc(C#Cc4c[nH]c([C@@H]5C[C@H](C)CN5C(=O)OC(C)(C)C)n4)cc3)c[nH]2)(C(C)(C)C)C1. The van der Waals surface area contributed by atoms with Crippen molar-refractivity contribution in [2.24, 2.45) is 17.3 Å². The van der Waals surface area contributed by atoms with E-state index in [1.165, 1.54) is 4.90 Å². The minimum absolute atomic E-state index is 0.180. The van der Waals surface area contributed by atoms with E-state index in [2.05, 4.69) is 73.3 Å². The largest absolute Gasteiger partial charge is 0.465 e. The van der Waals surface area contributed by atoms with Crippen molar-refractivity contribution < 1.29 is 19.4 Å². The molecule has 0 unspecified atom stereocenters. The van der Waals surface area contributed by atoms with Gasteiger partial charge >= 0.3 is 12.2 Å². The molecule has 3 aromatic rings. The predicted octanol–water partition coefficient (Wildman–Crippen LogP) is 6.51. The summed E-state index contributed by atoms with van der Waals surface area (Å²) in [5.74, 6) is 14.4. The van der Waals surface area contributed by atoms with Crippen LogP contribution in [0.1, 0.15) is 108 Å². The maximum atomic E-state index is 12.8. The van der Waals surface area contributed by atoms with Gasteiger partial charge in [0.25, 0.3) is 0 Å². The Labute approximate surface area is 271 Å². The third-order valence-electron chi connectivity index (χ3n) is 8.65. The van der Waals surface area contributed by atoms with Gasteiger partial charge in [0.15, 0.2) is 0 Å². The normalized spacial score (nSPS) is 23.0. The van der Waals surface area contributed by atoms with Crippen LogP contribution < -0.4 is 0 Å². The minimum Gasteiger partial charge on any atom is -0.465 e. The zero-order valence-corrected chi connectivity index (χ0v) is 28.0. The molecule has 242 valence electrons. The number of nitrogens with zero attached hydrogens (tertiary/aromatic N) is 4. The molecule has 2 aromatic heterocycles. The number of amides is 2. The number of H-pyrrole nitrogens is 2. The molecule has 4 atom stereocenters. The number of carbonyl (C=O) groups excluding carboxylic acids is 1. The van der Waals surface area contributed by atoms with Crippen LogP contribution in [0.4, 0.5) is 9.59 Å². The van der Waals surface area contributed by atoms with E-state index >= 15 is 0 Å². The van der Waals surface area contributed by atoms with E-state index in [-0.39, 0.29) is 23.5 Å². The van der Waals surface area contributed by atoms with Crippen LogP contribution in [-0.2, 0) is 10.3 Å². The van der Waals surface area contributed by atoms with Gasteiger partial charge in [0.2, 0.25) is 0 Å². The number of hydrogen-bond acceptors (Lipinski definition) is 5. The first-order valence-corrected chi connectivity index (χ1v) is 15.8. The van der Waals surface area contributed by atoms with Gasteiger partial charge in [-0.2, -0.15) is 0 Å². The lowest BCUT2D eigenvalue weighted by Gasteiger charge is -2.45. The third kappa shape index (κ3) is 6.77. The molecule has 2 amide bonds. The first-order chi connectivity index (χ1) is 21.6. The van der Waals surface area contributed by atoms with Crippen molar-refractivity contribution >= 4 is 12.2 Å². The fraction of sp³-hybridized carbons (Fsp3) is 0.500. The number of carbonyl (C=O) groups is 2. The highest BCUT2D eigenvalue weighted by Crippen LogP contribution is 2.51. The number of ether oxygens (including phenoxy) is 1. The van der Waals surface area contributed by atoms with Crippen LogP contribution in [-0.4, -0.2) is 65.7 Å². The molecule has 5 rings (SSSR count). The summed E-state index contributed by atoms with van der Waals surface area (Å²) in [4.78, 5) is 44.2. The monoisotopic (exact) mass is 624 g/mol. The number of rotatable bonds is 2. The summed E-state index contributed by atoms with van der Waals surface area (Å²) in [6.45, 7) is 17.1. The fourth-order valence-electron chi connectivity index (χ4n) is 6.58. The molecule has 46 heavy (non-hydrogen) atoms. The lowest BCUT2D eigenvalue weighted by atomic mass is 9.70. The van der Waals surface area contributed by atoms with Crippen molar-refractivity contribution in [3.8, 4) is 23.7 Å². The van der Waals surface area contributed by atoms with Gasteiger partial charge in [-0.05, 0) is 87.0 Å². The second-order valence-electron chi connectivity index (χ2n) is 14.7. The number of imidazole rings is 2. The Bertz CT molecular complexity index is 1720. The van der Waals surface area contributed by atoms with Gasteiger partial charge in [-0.3, -0.25) is 9.80 Å². The Morgan fingerprint density at radius 3 is 2.04 bits per heavy atom. The van der Waals surface area contributed by atoms with Gasteiger partial charge < -0.3 is 19.8 Å². The van der Waals surface area contributed by atoms with E-state index in [0.29, 0.717) is 48.5 Å². The van der Waals surface area contributed by atoms with E-state index in [1.54, 1.807) is 17.3 Å². The van der Waals surface area contributed by atoms with Gasteiger partial charge in [0, 0.05) is 36.6 Å². The van der Waals surface area contributed by atoms with Crippen molar-refractivity contribution in [1.82, 2.24) is 29.7 Å². The van der Waals surface area contributed by atoms with Crippen LogP contribution in [0.2, 0.25) is 0 Å². The van der Waals surface area contributed by atoms with E-state index < -0.39 is 17.2 Å². The molecule has 3 N–H and O–H groups in total. The summed E-state index contributed by atoms with van der Waals surface area (Å²) in [7, 11) is 0. The molecule has 2 saturated heterocycles. The standard InChI is InChI=1S/C36H44N6O4/c1-23-17-29(41(21-23)33(45)46-35(6,7)8)30-37-19-27(39-30)15-13-25-9-11-26(12-10-25)14-16-28-20-38-31(40-28)36(34(3,4)5)18-24(2)22-42(36)32(43)44/h9-12,19-20,23-24,29H,17-18,21-22H2,1-8H3,(H,37,39)(H,38,40)(H,43,44)/t23-,24-,29-,36+/m0/s1. The lowest BCUT2D eigenvalue weighted by Crippen LogP contribution is -2.53. The Morgan fingerprint density at radius 2 is 1.48 bits per heavy atom. The maximum absolute atomic E-state index is 12.8. The number of likely N-dealkylation sites (tertiary alicyclic amines) is 2. The van der Waals surface area contributed by atoms with Crippen LogP contribution in [0.3, 0.4) is 0 Å². The van der Waals surface area contributed by atoms with Gasteiger partial charge in [-0.15, -0.1) is 0 Å². The number of hydrogen-bond donors (Lipinski definition) is 3. The number of nitrogens with one attached hydrogen (secondary N) is 2. The quantitative estimate of drug-likeness (QED) is 0.279. The maximum Gasteiger partial charge on any atom is 0.410 e. The predicted molar refractivity (Wildman–Crippen MR) is 175 cm³/mol. The topological polar surface area (TPSA) is 127 Å². The molecule has 0 saturated carbocycles. The molecule has 10 heteroatoms. The van der Waals surface area contributed by atoms with Gasteiger partial charge in [-0.1, -0.05) is 46.5 Å². The van der Waals surface area contributed by atoms with Crippen molar-refractivity contribution in [3.63, 3.8) is 0 Å². The van der Waals surface area contributed by atoms with E-state index in [9.17, 15) is 14.7 Å². The zero-order chi connectivity index (χ0) is 33.4. The molecule has 10 nitrogen and oxygen atoms in total. The smallest absolute Gasteiger partial charge is 0.410 e. The minimum atomic E-state index is -0.937. The van der Waals surface area contributed by atoms with Crippen LogP contribution in [0.25, 0.3) is 0 Å². The van der Waals surface area contributed by atoms with Crippen molar-refractivity contribution in [2.75, 3.05) is 13.1 Å². The van der Waals surface area contributed by atoms with Crippen LogP contribution in [0.15, 0.2) is 36.7 Å². The molecule has 4 heterocycles. The van der Waals surface area contributed by atoms with E-state index in [0.717, 1.165) is 17.5 Å². The molecule has 2 aliphatic heterocycles. The summed E-state index contributed by atoms with van der Waals surface area (Å²) in [5.41, 5.74) is 1.09. The average molecular weight is 625 g/mol. The van der Waals surface area contributed by atoms with Crippen LogP contribution in [0.5, 0.6) is 0 Å². The number of carboxylic acid groups (broad SMARTS) is 1. The summed E-state index contributed by atoms with van der Waals surface area (Å²) in [6.07, 6.45) is 3.74. The van der Waals surface area contributed by atoms with Gasteiger partial charge in [0.05, 0.1) is 6.04 Å². The Balaban J connectivity index is 1.27. The highest BCUT2D eigenvalue weighted by Gasteiger charge is 2.57.